The van der Waals surface area contributed by atoms with E-state index in [2.05, 4.69) is 5.73 Å². The lowest BCUT2D eigenvalue weighted by molar-refractivity contribution is -0.461. The van der Waals surface area contributed by atoms with E-state index in [4.69, 9.17) is 0 Å². The first kappa shape index (κ1) is 59.4. The van der Waals surface area contributed by atoms with Crippen LogP contribution in [0.25, 0.3) is 0 Å². The first-order valence-electron chi connectivity index (χ1n) is 14.4. The summed E-state index contributed by atoms with van der Waals surface area (Å²) in [5, 5.41) is 0. The van der Waals surface area contributed by atoms with Gasteiger partial charge in [-0.15, -0.1) is 0 Å². The van der Waals surface area contributed by atoms with Crippen molar-refractivity contribution in [2.24, 2.45) is 5.73 Å². The summed E-state index contributed by atoms with van der Waals surface area (Å²) in [7, 11) is 0. The Labute approximate surface area is 315 Å². The van der Waals surface area contributed by atoms with Gasteiger partial charge in [-0.05, 0) is 25.7 Å². The molecule has 0 aromatic rings. The molecule has 374 valence electrons. The minimum atomic E-state index is -9.16. The van der Waals surface area contributed by atoms with Crippen molar-refractivity contribution in [3.63, 3.8) is 0 Å². The van der Waals surface area contributed by atoms with Crippen LogP contribution < -0.4 is 5.73 Å². The SMILES string of the molecule is NC(CCCC(F)(F)C(F)(F)C(F)(F)C(F)(F)C(F)(F)C(F)(F)C(F)(F)C(F)(F)F)(CCCC(F)(F)C(F)(F)C(F)(F)C(F)(F)C(F)(F)C(F)(F)C(F)(F)C(F)(F)F)C(F)(F)F. The zero-order valence-electron chi connectivity index (χ0n) is 27.8. The van der Waals surface area contributed by atoms with Gasteiger partial charge in [-0.1, -0.05) is 0 Å². The molecular formula is C24H14F37N. The van der Waals surface area contributed by atoms with Crippen LogP contribution in [0, 0.1) is 0 Å². The number of alkyl halides is 37. The highest BCUT2D eigenvalue weighted by molar-refractivity contribution is 5.17. The van der Waals surface area contributed by atoms with Crippen molar-refractivity contribution >= 4 is 0 Å². The summed E-state index contributed by atoms with van der Waals surface area (Å²) < 4.78 is 495. The van der Waals surface area contributed by atoms with E-state index in [1.807, 2.05) is 0 Å². The van der Waals surface area contributed by atoms with Gasteiger partial charge < -0.3 is 5.73 Å². The van der Waals surface area contributed by atoms with Crippen LogP contribution in [0.5, 0.6) is 0 Å². The van der Waals surface area contributed by atoms with Crippen LogP contribution in [0.2, 0.25) is 0 Å². The normalized spacial score (nSPS) is 16.9. The molecule has 0 radical (unpaired) electrons. The van der Waals surface area contributed by atoms with Crippen molar-refractivity contribution < 1.29 is 162 Å². The predicted molar refractivity (Wildman–Crippen MR) is 122 cm³/mol. The maximum Gasteiger partial charge on any atom is 0.460 e. The summed E-state index contributed by atoms with van der Waals surface area (Å²) in [6.45, 7) is 0. The Morgan fingerprint density at radius 2 is 0.355 bits per heavy atom. The van der Waals surface area contributed by atoms with Crippen LogP contribution in [0.3, 0.4) is 0 Å². The van der Waals surface area contributed by atoms with E-state index in [0.29, 0.717) is 0 Å². The fourth-order valence-corrected chi connectivity index (χ4v) is 4.37. The van der Waals surface area contributed by atoms with E-state index in [-0.39, 0.29) is 0 Å². The van der Waals surface area contributed by atoms with Crippen molar-refractivity contribution in [2.75, 3.05) is 0 Å². The van der Waals surface area contributed by atoms with E-state index in [1.54, 1.807) is 0 Å². The Balaban J connectivity index is 6.65. The van der Waals surface area contributed by atoms with Gasteiger partial charge in [-0.2, -0.15) is 162 Å². The third-order valence-corrected chi connectivity index (χ3v) is 8.37. The first-order valence-corrected chi connectivity index (χ1v) is 14.4. The number of hydrogen-bond acceptors (Lipinski definition) is 1. The summed E-state index contributed by atoms with van der Waals surface area (Å²) in [6, 6.07) is 0. The molecule has 0 aromatic carbocycles. The Morgan fingerprint density at radius 1 is 0.194 bits per heavy atom. The van der Waals surface area contributed by atoms with Gasteiger partial charge in [0.05, 0.1) is 0 Å². The summed E-state index contributed by atoms with van der Waals surface area (Å²) >= 11 is 0. The quantitative estimate of drug-likeness (QED) is 0.121. The van der Waals surface area contributed by atoms with E-state index in [9.17, 15) is 162 Å². The molecule has 62 heavy (non-hydrogen) atoms. The molecule has 0 saturated heterocycles. The van der Waals surface area contributed by atoms with E-state index in [0.717, 1.165) is 0 Å². The van der Waals surface area contributed by atoms with Gasteiger partial charge >= 0.3 is 101 Å². The third kappa shape index (κ3) is 8.28. The lowest BCUT2D eigenvalue weighted by Crippen LogP contribution is -2.74. The highest BCUT2D eigenvalue weighted by atomic mass is 19.5. The van der Waals surface area contributed by atoms with Crippen LogP contribution in [0.1, 0.15) is 38.5 Å². The average Bonchev–Trinajstić information content (AvgIpc) is 3.01. The van der Waals surface area contributed by atoms with Crippen molar-refractivity contribution in [3.05, 3.63) is 0 Å². The zero-order chi connectivity index (χ0) is 51.2. The molecule has 0 rings (SSSR count). The average molecular weight is 1020 g/mol. The van der Waals surface area contributed by atoms with Crippen LogP contribution in [0.15, 0.2) is 0 Å². The maximum absolute atomic E-state index is 14.1. The second kappa shape index (κ2) is 15.5. The Kier molecular flexibility index (Phi) is 14.8. The predicted octanol–water partition coefficient (Wildman–Crippen LogP) is 13.6. The van der Waals surface area contributed by atoms with E-state index in [1.165, 1.54) is 0 Å². The van der Waals surface area contributed by atoms with Crippen LogP contribution in [0.4, 0.5) is 162 Å². The Bertz CT molecular complexity index is 1430. The molecule has 38 heteroatoms. The minimum absolute atomic E-state index is 2.83. The lowest BCUT2D eigenvalue weighted by Gasteiger charge is -2.43. The number of hydrogen-bond donors (Lipinski definition) is 1. The summed E-state index contributed by atoms with van der Waals surface area (Å²) in [5.74, 6) is -121. The molecular weight excluding hydrogens is 1010 g/mol. The van der Waals surface area contributed by atoms with Gasteiger partial charge in [0.2, 0.25) is 0 Å². The summed E-state index contributed by atoms with van der Waals surface area (Å²) in [6.07, 6.45) is -41.6. The number of halogens is 37. The first-order chi connectivity index (χ1) is 26.2. The van der Waals surface area contributed by atoms with Crippen molar-refractivity contribution in [1.29, 1.82) is 0 Å². The van der Waals surface area contributed by atoms with Gasteiger partial charge in [0, 0.05) is 12.8 Å². The van der Waals surface area contributed by atoms with Gasteiger partial charge in [0.15, 0.2) is 0 Å². The molecule has 0 aromatic heterocycles. The molecule has 0 aliphatic rings. The van der Waals surface area contributed by atoms with Crippen LogP contribution in [-0.4, -0.2) is 107 Å². The highest BCUT2D eigenvalue weighted by Gasteiger charge is 2.97. The fourth-order valence-electron chi connectivity index (χ4n) is 4.37. The van der Waals surface area contributed by atoms with E-state index >= 15 is 0 Å². The second-order valence-electron chi connectivity index (χ2n) is 12.7. The largest absolute Gasteiger partial charge is 0.460 e. The molecule has 0 aliphatic carbocycles. The molecule has 0 amide bonds. The molecule has 0 saturated carbocycles. The van der Waals surface area contributed by atoms with E-state index < -0.39 is 146 Å². The number of nitrogens with two attached hydrogens (primary N) is 1. The van der Waals surface area contributed by atoms with Gasteiger partial charge in [-0.25, -0.2) is 0 Å². The highest BCUT2D eigenvalue weighted by Crippen LogP contribution is 2.66. The monoisotopic (exact) mass is 1020 g/mol. The van der Waals surface area contributed by atoms with Crippen molar-refractivity contribution in [1.82, 2.24) is 0 Å². The third-order valence-electron chi connectivity index (χ3n) is 8.37. The molecule has 0 bridgehead atoms. The Morgan fingerprint density at radius 3 is 0.516 bits per heavy atom. The molecule has 0 fully saturated rings. The summed E-state index contributed by atoms with van der Waals surface area (Å²) in [5.41, 5.74) is -0.369. The standard InChI is InChI=1S/C24H14F37N/c25-8(26,10(29,30)12(33,34)14(37,38)16(41,42)18(45,46)20(49,50)23(56,57)58)5-1-3-7(62,22(53,54)55)4-2-6-9(27,28)11(31,32)13(35,36)15(39,40)17(43,44)19(47,48)21(51,52)24(59,60)61/h1-6,62H2. The molecule has 0 heterocycles. The van der Waals surface area contributed by atoms with Crippen LogP contribution in [-0.2, 0) is 0 Å². The van der Waals surface area contributed by atoms with Gasteiger partial charge in [0.1, 0.15) is 5.54 Å². The topological polar surface area (TPSA) is 26.0 Å². The Hall–Kier alpha value is -2.63. The fraction of sp³-hybridized carbons (Fsp3) is 1.00. The molecule has 0 unspecified atom stereocenters. The molecule has 0 aliphatic heterocycles. The minimum Gasteiger partial charge on any atom is -0.318 e. The maximum atomic E-state index is 14.1. The summed E-state index contributed by atoms with van der Waals surface area (Å²) in [4.78, 5) is 0. The van der Waals surface area contributed by atoms with Crippen molar-refractivity contribution in [2.45, 2.75) is 146 Å². The molecule has 1 nitrogen and oxygen atoms in total. The molecule has 2 N–H and O–H groups in total. The van der Waals surface area contributed by atoms with Gasteiger partial charge in [-0.3, -0.25) is 0 Å². The molecule has 0 atom stereocenters. The van der Waals surface area contributed by atoms with Crippen LogP contribution >= 0.6 is 0 Å². The lowest BCUT2D eigenvalue weighted by atomic mass is 9.83. The zero-order valence-corrected chi connectivity index (χ0v) is 27.8. The number of rotatable bonds is 20. The second-order valence-corrected chi connectivity index (χ2v) is 12.7. The smallest absolute Gasteiger partial charge is 0.318 e. The van der Waals surface area contributed by atoms with Crippen molar-refractivity contribution in [3.8, 4) is 0 Å². The van der Waals surface area contributed by atoms with Gasteiger partial charge in [0.25, 0.3) is 0 Å². The molecule has 0 spiro atoms.